The Hall–Kier alpha value is -3.09. The molecule has 0 spiro atoms. The number of pyridine rings is 2. The Balaban J connectivity index is 1.80. The number of anilines is 1. The molecule has 4 rings (SSSR count). The van der Waals surface area contributed by atoms with Gasteiger partial charge in [-0.1, -0.05) is 0 Å². The molecule has 132 valence electrons. The first kappa shape index (κ1) is 16.4. The topological polar surface area (TPSA) is 66.3 Å². The third-order valence-corrected chi connectivity index (χ3v) is 4.66. The molecule has 1 atom stereocenters. The Kier molecular flexibility index (Phi) is 3.99. The molecule has 1 aliphatic rings. The Morgan fingerprint density at radius 2 is 2.04 bits per heavy atom. The van der Waals surface area contributed by atoms with E-state index in [0.29, 0.717) is 24.3 Å². The summed E-state index contributed by atoms with van der Waals surface area (Å²) >= 11 is 0. The summed E-state index contributed by atoms with van der Waals surface area (Å²) < 4.78 is 27.8. The van der Waals surface area contributed by atoms with Crippen LogP contribution < -0.4 is 4.90 Å². The number of hydrogen-bond donors (Lipinski definition) is 1. The molecule has 7 heteroatoms. The molecule has 3 heterocycles. The van der Waals surface area contributed by atoms with Crippen molar-refractivity contribution >= 4 is 22.8 Å². The van der Waals surface area contributed by atoms with Crippen LogP contribution in [0.2, 0.25) is 0 Å². The van der Waals surface area contributed by atoms with Gasteiger partial charge in [0.25, 0.3) is 0 Å². The lowest BCUT2D eigenvalue weighted by molar-refractivity contribution is 0.0698. The van der Waals surface area contributed by atoms with Gasteiger partial charge in [-0.3, -0.25) is 4.98 Å². The zero-order valence-corrected chi connectivity index (χ0v) is 13.7. The van der Waals surface area contributed by atoms with Gasteiger partial charge >= 0.3 is 5.97 Å². The minimum absolute atomic E-state index is 0.0598. The summed E-state index contributed by atoms with van der Waals surface area (Å²) in [5.74, 6) is -1.51. The molecule has 0 bridgehead atoms. The van der Waals surface area contributed by atoms with Gasteiger partial charge in [0.15, 0.2) is 0 Å². The monoisotopic (exact) mass is 355 g/mol. The Morgan fingerprint density at radius 1 is 1.19 bits per heavy atom. The molecule has 0 saturated carbocycles. The van der Waals surface area contributed by atoms with Crippen LogP contribution in [0.25, 0.3) is 11.0 Å². The number of hydrogen-bond acceptors (Lipinski definition) is 4. The average molecular weight is 355 g/mol. The Bertz CT molecular complexity index is 1010. The Labute approximate surface area is 147 Å². The third-order valence-electron chi connectivity index (χ3n) is 4.66. The van der Waals surface area contributed by atoms with Gasteiger partial charge in [-0.25, -0.2) is 18.6 Å². The molecule has 1 aromatic carbocycles. The van der Waals surface area contributed by atoms with Crippen LogP contribution in [-0.2, 0) is 0 Å². The summed E-state index contributed by atoms with van der Waals surface area (Å²) in [7, 11) is 0. The number of carbonyl (C=O) groups is 1. The zero-order valence-electron chi connectivity index (χ0n) is 13.7. The van der Waals surface area contributed by atoms with Crippen LogP contribution >= 0.6 is 0 Å². The number of rotatable bonds is 3. The van der Waals surface area contributed by atoms with Crippen LogP contribution in [0.4, 0.5) is 14.6 Å². The maximum absolute atomic E-state index is 14.2. The first-order valence-corrected chi connectivity index (χ1v) is 8.25. The van der Waals surface area contributed by atoms with Gasteiger partial charge in [-0.15, -0.1) is 0 Å². The van der Waals surface area contributed by atoms with E-state index in [1.165, 1.54) is 18.3 Å². The molecule has 1 unspecified atom stereocenters. The van der Waals surface area contributed by atoms with Crippen molar-refractivity contribution in [3.8, 4) is 0 Å². The molecule has 2 aromatic heterocycles. The molecular weight excluding hydrogens is 340 g/mol. The lowest BCUT2D eigenvalue weighted by atomic mass is 10.0. The molecule has 0 radical (unpaired) electrons. The molecular formula is C19H15F2N3O2. The average Bonchev–Trinajstić information content (AvgIpc) is 3.12. The summed E-state index contributed by atoms with van der Waals surface area (Å²) in [6.45, 7) is 0.627. The van der Waals surface area contributed by atoms with Crippen molar-refractivity contribution in [3.63, 3.8) is 0 Å². The van der Waals surface area contributed by atoms with Crippen LogP contribution in [0, 0.1) is 11.6 Å². The fraction of sp³-hybridized carbons (Fsp3) is 0.211. The van der Waals surface area contributed by atoms with E-state index in [1.807, 2.05) is 4.90 Å². The number of fused-ring (bicyclic) bond motifs is 1. The van der Waals surface area contributed by atoms with Crippen molar-refractivity contribution in [2.75, 3.05) is 11.4 Å². The van der Waals surface area contributed by atoms with Crippen LogP contribution in [-0.4, -0.2) is 27.6 Å². The van der Waals surface area contributed by atoms with Gasteiger partial charge in [0.2, 0.25) is 0 Å². The third kappa shape index (κ3) is 2.75. The van der Waals surface area contributed by atoms with Crippen LogP contribution in [0.15, 0.2) is 42.6 Å². The van der Waals surface area contributed by atoms with E-state index in [4.69, 9.17) is 0 Å². The number of halogens is 2. The van der Waals surface area contributed by atoms with Gasteiger partial charge in [0, 0.05) is 18.3 Å². The van der Waals surface area contributed by atoms with Crippen LogP contribution in [0.3, 0.4) is 0 Å². The molecule has 0 amide bonds. The zero-order chi connectivity index (χ0) is 18.3. The van der Waals surface area contributed by atoms with Gasteiger partial charge in [-0.05, 0) is 49.2 Å². The van der Waals surface area contributed by atoms with Crippen molar-refractivity contribution in [1.82, 2.24) is 9.97 Å². The Morgan fingerprint density at radius 3 is 2.85 bits per heavy atom. The lowest BCUT2D eigenvalue weighted by Crippen LogP contribution is -2.24. The second-order valence-corrected chi connectivity index (χ2v) is 6.22. The highest BCUT2D eigenvalue weighted by Gasteiger charge is 2.30. The fourth-order valence-corrected chi connectivity index (χ4v) is 3.48. The first-order chi connectivity index (χ1) is 12.5. The van der Waals surface area contributed by atoms with E-state index in [0.717, 1.165) is 18.6 Å². The van der Waals surface area contributed by atoms with Gasteiger partial charge in [-0.2, -0.15) is 0 Å². The fourth-order valence-electron chi connectivity index (χ4n) is 3.48. The number of carboxylic acids is 1. The van der Waals surface area contributed by atoms with E-state index in [9.17, 15) is 18.7 Å². The van der Waals surface area contributed by atoms with Crippen molar-refractivity contribution < 1.29 is 18.7 Å². The van der Waals surface area contributed by atoms with Crippen molar-refractivity contribution in [3.05, 3.63) is 65.4 Å². The summed E-state index contributed by atoms with van der Waals surface area (Å²) in [6, 6.07) is 7.91. The van der Waals surface area contributed by atoms with Crippen molar-refractivity contribution in [2.24, 2.45) is 0 Å². The minimum atomic E-state index is -1.09. The van der Waals surface area contributed by atoms with Crippen LogP contribution in [0.5, 0.6) is 0 Å². The predicted octanol–water partition coefficient (Wildman–Crippen LogP) is 3.95. The molecule has 1 aliphatic heterocycles. The lowest BCUT2D eigenvalue weighted by Gasteiger charge is -2.26. The smallest absolute Gasteiger partial charge is 0.338 e. The normalized spacial score (nSPS) is 17.0. The number of aromatic nitrogens is 2. The predicted molar refractivity (Wildman–Crippen MR) is 92.2 cm³/mol. The number of nitrogens with zero attached hydrogens (tertiary/aromatic N) is 3. The van der Waals surface area contributed by atoms with Crippen molar-refractivity contribution in [1.29, 1.82) is 0 Å². The highest BCUT2D eigenvalue weighted by Crippen LogP contribution is 2.37. The highest BCUT2D eigenvalue weighted by molar-refractivity contribution is 6.00. The second-order valence-electron chi connectivity index (χ2n) is 6.22. The van der Waals surface area contributed by atoms with Crippen molar-refractivity contribution in [2.45, 2.75) is 18.9 Å². The molecule has 3 aromatic rings. The van der Waals surface area contributed by atoms with E-state index in [1.54, 1.807) is 12.1 Å². The molecule has 1 N–H and O–H groups in total. The number of carboxylic acid groups (broad SMARTS) is 1. The molecule has 1 saturated heterocycles. The summed E-state index contributed by atoms with van der Waals surface area (Å²) in [5.41, 5.74) is 1.10. The summed E-state index contributed by atoms with van der Waals surface area (Å²) in [4.78, 5) is 21.9. The van der Waals surface area contributed by atoms with E-state index in [2.05, 4.69) is 9.97 Å². The molecule has 5 nitrogen and oxygen atoms in total. The van der Waals surface area contributed by atoms with E-state index < -0.39 is 17.6 Å². The van der Waals surface area contributed by atoms with E-state index >= 15 is 0 Å². The van der Waals surface area contributed by atoms with Gasteiger partial charge in [0.05, 0.1) is 17.1 Å². The quantitative estimate of drug-likeness (QED) is 0.771. The summed E-state index contributed by atoms with van der Waals surface area (Å²) in [6.07, 6.45) is 2.89. The molecule has 26 heavy (non-hydrogen) atoms. The SMILES string of the molecule is O=C(O)c1ccnc2ccc(N3CCCC3c3cc(F)ccc3F)nc12. The second kappa shape index (κ2) is 6.33. The highest BCUT2D eigenvalue weighted by atomic mass is 19.1. The van der Waals surface area contributed by atoms with Gasteiger partial charge < -0.3 is 10.0 Å². The maximum atomic E-state index is 14.2. The molecule has 0 aliphatic carbocycles. The van der Waals surface area contributed by atoms with Crippen LogP contribution in [0.1, 0.15) is 34.8 Å². The largest absolute Gasteiger partial charge is 0.478 e. The summed E-state index contributed by atoms with van der Waals surface area (Å²) in [5, 5.41) is 9.36. The van der Waals surface area contributed by atoms with E-state index in [-0.39, 0.29) is 22.7 Å². The standard InChI is InChI=1S/C19H15F2N3O2/c20-11-3-4-14(21)13(10-11)16-2-1-9-24(16)17-6-5-15-18(23-17)12(19(25)26)7-8-22-15/h3-8,10,16H,1-2,9H2,(H,25,26). The maximum Gasteiger partial charge on any atom is 0.338 e. The number of benzene rings is 1. The molecule has 1 fully saturated rings. The minimum Gasteiger partial charge on any atom is -0.478 e. The first-order valence-electron chi connectivity index (χ1n) is 8.25. The number of aromatic carboxylic acids is 1. The van der Waals surface area contributed by atoms with Gasteiger partial charge in [0.1, 0.15) is 23.0 Å².